The Bertz CT molecular complexity index is 1480. The molecular formula is C25H29N3O5S. The molecule has 0 radical (unpaired) electrons. The van der Waals surface area contributed by atoms with Crippen LogP contribution in [0.3, 0.4) is 0 Å². The molecule has 180 valence electrons. The molecule has 0 aliphatic rings. The highest BCUT2D eigenvalue weighted by Crippen LogP contribution is 2.23. The van der Waals surface area contributed by atoms with Crippen molar-refractivity contribution in [1.29, 1.82) is 0 Å². The number of rotatable bonds is 8. The molecule has 34 heavy (non-hydrogen) atoms. The summed E-state index contributed by atoms with van der Waals surface area (Å²) >= 11 is 0. The molecule has 9 heteroatoms. The van der Waals surface area contributed by atoms with E-state index < -0.39 is 15.7 Å². The van der Waals surface area contributed by atoms with Crippen LogP contribution in [0.2, 0.25) is 0 Å². The van der Waals surface area contributed by atoms with Gasteiger partial charge < -0.3 is 13.7 Å². The number of nitrogens with zero attached hydrogens (tertiary/aromatic N) is 3. The van der Waals surface area contributed by atoms with Crippen molar-refractivity contribution in [1.82, 2.24) is 9.38 Å². The zero-order chi connectivity index (χ0) is 24.3. The van der Waals surface area contributed by atoms with Gasteiger partial charge in [-0.3, -0.25) is 4.18 Å². The molecule has 0 fully saturated rings. The molecule has 0 unspecified atom stereocenters. The fraction of sp³-hybridized carbons (Fsp3) is 0.360. The summed E-state index contributed by atoms with van der Waals surface area (Å²) in [4.78, 5) is 10.3. The molecule has 0 aliphatic heterocycles. The normalized spacial score (nSPS) is 13.1. The van der Waals surface area contributed by atoms with Crippen LogP contribution < -0.4 is 5.36 Å². The van der Waals surface area contributed by atoms with Crippen molar-refractivity contribution < 1.29 is 21.9 Å². The summed E-state index contributed by atoms with van der Waals surface area (Å²) in [6, 6.07) is 13.7. The van der Waals surface area contributed by atoms with E-state index in [9.17, 15) is 8.42 Å². The fourth-order valence-corrected chi connectivity index (χ4v) is 3.89. The van der Waals surface area contributed by atoms with Crippen LogP contribution in [0.5, 0.6) is 0 Å². The molecule has 0 spiro atoms. The predicted molar refractivity (Wildman–Crippen MR) is 131 cm³/mol. The topological polar surface area (TPSA) is 95.4 Å². The van der Waals surface area contributed by atoms with Gasteiger partial charge >= 0.3 is 0 Å². The van der Waals surface area contributed by atoms with Gasteiger partial charge in [0.2, 0.25) is 0 Å². The lowest BCUT2D eigenvalue weighted by Crippen LogP contribution is -2.18. The van der Waals surface area contributed by atoms with E-state index in [-0.39, 0.29) is 6.61 Å². The molecule has 0 bridgehead atoms. The van der Waals surface area contributed by atoms with Gasteiger partial charge in [-0.25, -0.2) is 4.98 Å². The zero-order valence-electron chi connectivity index (χ0n) is 19.8. The lowest BCUT2D eigenvalue weighted by atomic mass is 10.1. The Morgan fingerprint density at radius 1 is 1.12 bits per heavy atom. The summed E-state index contributed by atoms with van der Waals surface area (Å²) < 4.78 is 35.2. The third-order valence-corrected chi connectivity index (χ3v) is 5.65. The van der Waals surface area contributed by atoms with E-state index in [0.29, 0.717) is 28.8 Å². The van der Waals surface area contributed by atoms with Crippen molar-refractivity contribution in [2.24, 2.45) is 5.16 Å². The number of benzene rings is 1. The number of unbranched alkanes of at least 4 members (excludes halogenated alkanes) is 1. The second-order valence-electron chi connectivity index (χ2n) is 9.22. The van der Waals surface area contributed by atoms with Gasteiger partial charge in [0.1, 0.15) is 22.2 Å². The van der Waals surface area contributed by atoms with Crippen LogP contribution in [0.1, 0.15) is 39.2 Å². The minimum Gasteiger partial charge on any atom is -0.454 e. The van der Waals surface area contributed by atoms with E-state index in [1.54, 1.807) is 6.33 Å². The van der Waals surface area contributed by atoms with Crippen molar-refractivity contribution in [3.8, 4) is 11.5 Å². The second kappa shape index (κ2) is 9.60. The molecule has 3 heterocycles. The van der Waals surface area contributed by atoms with Gasteiger partial charge in [0.15, 0.2) is 5.76 Å². The maximum atomic E-state index is 11.1. The second-order valence-corrected chi connectivity index (χ2v) is 10.9. The summed E-state index contributed by atoms with van der Waals surface area (Å²) in [5, 5.41) is 5.94. The van der Waals surface area contributed by atoms with E-state index in [0.717, 1.165) is 35.6 Å². The summed E-state index contributed by atoms with van der Waals surface area (Å²) in [5.41, 5.74) is 3.04. The number of fused-ring (bicyclic) bond motifs is 2. The first-order valence-electron chi connectivity index (χ1n) is 11.1. The zero-order valence-corrected chi connectivity index (χ0v) is 20.6. The summed E-state index contributed by atoms with van der Waals surface area (Å²) in [6.45, 7) is 6.02. The molecule has 0 amide bonds. The summed E-state index contributed by atoms with van der Waals surface area (Å²) in [6.07, 6.45) is 6.97. The average molecular weight is 484 g/mol. The highest BCUT2D eigenvalue weighted by molar-refractivity contribution is 7.85. The smallest absolute Gasteiger partial charge is 0.264 e. The summed E-state index contributed by atoms with van der Waals surface area (Å²) in [5.74, 6) is 0.595. The van der Waals surface area contributed by atoms with Crippen LogP contribution in [-0.2, 0) is 25.6 Å². The first-order valence-corrected chi connectivity index (χ1v) is 13.0. The van der Waals surface area contributed by atoms with Gasteiger partial charge in [0.25, 0.3) is 10.1 Å². The fourth-order valence-electron chi connectivity index (χ4n) is 3.47. The van der Waals surface area contributed by atoms with Crippen LogP contribution in [0.25, 0.3) is 27.9 Å². The molecular weight excluding hydrogens is 454 g/mol. The Hall–Kier alpha value is -3.17. The number of aromatic nitrogens is 2. The molecule has 4 rings (SSSR count). The van der Waals surface area contributed by atoms with Crippen LogP contribution in [0, 0.1) is 0 Å². The third kappa shape index (κ3) is 6.24. The molecule has 0 N–H and O–H groups in total. The molecule has 1 aromatic carbocycles. The highest BCUT2D eigenvalue weighted by Gasteiger charge is 2.13. The maximum Gasteiger partial charge on any atom is 0.264 e. The number of aryl methyl sites for hydroxylation is 1. The van der Waals surface area contributed by atoms with E-state index in [4.69, 9.17) is 13.4 Å². The van der Waals surface area contributed by atoms with E-state index in [1.165, 1.54) is 0 Å². The Balaban J connectivity index is 1.66. The monoisotopic (exact) mass is 483 g/mol. The highest BCUT2D eigenvalue weighted by atomic mass is 32.2. The molecule has 0 aliphatic carbocycles. The molecule has 0 saturated heterocycles. The van der Waals surface area contributed by atoms with Gasteiger partial charge in [-0.1, -0.05) is 11.2 Å². The van der Waals surface area contributed by atoms with Crippen molar-refractivity contribution in [2.45, 2.75) is 45.6 Å². The third-order valence-electron chi connectivity index (χ3n) is 5.05. The van der Waals surface area contributed by atoms with Crippen molar-refractivity contribution in [3.63, 3.8) is 0 Å². The molecule has 0 saturated carbocycles. The lowest BCUT2D eigenvalue weighted by Gasteiger charge is -2.15. The molecule has 3 aromatic heterocycles. The Kier molecular flexibility index (Phi) is 6.77. The minimum atomic E-state index is -3.40. The van der Waals surface area contributed by atoms with Gasteiger partial charge in [-0.05, 0) is 75.9 Å². The van der Waals surface area contributed by atoms with Crippen LogP contribution in [0.15, 0.2) is 64.6 Å². The number of hydrogen-bond donors (Lipinski definition) is 0. The van der Waals surface area contributed by atoms with Crippen LogP contribution in [-0.4, -0.2) is 36.3 Å². The maximum absolute atomic E-state index is 11.1. The average Bonchev–Trinajstić information content (AvgIpc) is 3.23. The molecule has 0 atom stereocenters. The molecule has 4 aromatic rings. The first-order chi connectivity index (χ1) is 16.1. The lowest BCUT2D eigenvalue weighted by molar-refractivity contribution is -0.00585. The van der Waals surface area contributed by atoms with E-state index in [1.807, 2.05) is 73.8 Å². The summed E-state index contributed by atoms with van der Waals surface area (Å²) in [7, 11) is -3.40. The van der Waals surface area contributed by atoms with Gasteiger partial charge in [-0.2, -0.15) is 8.42 Å². The Morgan fingerprint density at radius 3 is 2.71 bits per heavy atom. The van der Waals surface area contributed by atoms with E-state index in [2.05, 4.69) is 10.1 Å². The molecule has 8 nitrogen and oxygen atoms in total. The first kappa shape index (κ1) is 24.0. The van der Waals surface area contributed by atoms with Crippen molar-refractivity contribution in [2.75, 3.05) is 12.9 Å². The van der Waals surface area contributed by atoms with Crippen LogP contribution >= 0.6 is 0 Å². The van der Waals surface area contributed by atoms with Crippen molar-refractivity contribution >= 4 is 26.6 Å². The number of hydrogen-bond acceptors (Lipinski definition) is 7. The minimum absolute atomic E-state index is 0.185. The van der Waals surface area contributed by atoms with Gasteiger partial charge in [0, 0.05) is 23.2 Å². The van der Waals surface area contributed by atoms with E-state index >= 15 is 0 Å². The Morgan fingerprint density at radius 2 is 1.94 bits per heavy atom. The van der Waals surface area contributed by atoms with Gasteiger partial charge in [0.05, 0.1) is 19.2 Å². The quantitative estimate of drug-likeness (QED) is 0.205. The van der Waals surface area contributed by atoms with Gasteiger partial charge in [-0.15, -0.1) is 0 Å². The predicted octanol–water partition coefficient (Wildman–Crippen LogP) is 4.68. The largest absolute Gasteiger partial charge is 0.454 e. The standard InChI is InChI=1S/C25H29N3O5S/c1-25(2,3)33-27-21-16-24(22-15-19-9-7-12-28(19)17-26-22)32-23-11-10-18(14-20(21)23)8-5-6-13-31-34(4,29)30/h7,9-12,14-17H,5-6,8,13H2,1-4H3. The Labute approximate surface area is 199 Å². The van der Waals surface area contributed by atoms with Crippen LogP contribution in [0.4, 0.5) is 0 Å². The van der Waals surface area contributed by atoms with Crippen molar-refractivity contribution in [3.05, 3.63) is 65.9 Å². The SMILES string of the molecule is CC(C)(C)ON=c1cc(-c2cc3cccn3cn2)oc2ccc(CCCCOS(C)(=O)=O)cc12.